The van der Waals surface area contributed by atoms with E-state index in [2.05, 4.69) is 15.3 Å². The summed E-state index contributed by atoms with van der Waals surface area (Å²) in [6.45, 7) is 3.15. The number of benzene rings is 1. The molecule has 3 heterocycles. The number of pyridine rings is 1. The van der Waals surface area contributed by atoms with E-state index in [1.165, 1.54) is 30.4 Å². The molecule has 0 spiro atoms. The van der Waals surface area contributed by atoms with Crippen molar-refractivity contribution in [2.45, 2.75) is 24.8 Å². The number of methoxy groups -OCH3 is 1. The number of likely N-dealkylation sites (tertiary alicyclic amines) is 1. The molecule has 0 radical (unpaired) electrons. The molecule has 10 heteroatoms. The molecule has 2 aliphatic rings. The minimum Gasteiger partial charge on any atom is -0.476 e. The molecule has 2 bridgehead atoms. The molecule has 0 amide bonds. The normalized spacial score (nSPS) is 21.1. The van der Waals surface area contributed by atoms with Crippen LogP contribution in [-0.2, 0) is 18.8 Å². The Kier molecular flexibility index (Phi) is 6.68. The minimum absolute atomic E-state index is 0.0105. The Balaban J connectivity index is 1.29. The van der Waals surface area contributed by atoms with Gasteiger partial charge < -0.3 is 25.1 Å². The first-order valence-corrected chi connectivity index (χ1v) is 12.6. The van der Waals surface area contributed by atoms with Gasteiger partial charge in [0.2, 0.25) is 5.88 Å². The van der Waals surface area contributed by atoms with Crippen LogP contribution < -0.4 is 21.3 Å². The number of carbonyl (C=O) groups is 1. The van der Waals surface area contributed by atoms with E-state index in [1.807, 2.05) is 24.3 Å². The van der Waals surface area contributed by atoms with Crippen molar-refractivity contribution in [3.8, 4) is 17.0 Å². The number of nitrogens with one attached hydrogen (secondary N) is 1. The van der Waals surface area contributed by atoms with E-state index in [9.17, 15) is 9.59 Å². The monoisotopic (exact) mass is 506 g/mol. The molecule has 196 valence electrons. The lowest BCUT2D eigenvalue weighted by Crippen LogP contribution is -2.52. The molecule has 1 saturated heterocycles. The van der Waals surface area contributed by atoms with E-state index in [-0.39, 0.29) is 16.7 Å². The standard InChI is InChI=1S/C27H34N6O4/c1-31-16-19(26(35)36-3)12-20(24(31)34)21-14-29-32(2)25(21)37-11-10-33-15-18-8-9-27(13-18,17-33)30-23-7-5-4-6-22(23)28/h4-7,12,14,16,18,30H,8-11,13,15,17,28H2,1-3H3. The van der Waals surface area contributed by atoms with Crippen molar-refractivity contribution in [3.05, 3.63) is 58.6 Å². The zero-order valence-corrected chi connectivity index (χ0v) is 21.6. The molecule has 2 atom stereocenters. The first kappa shape index (κ1) is 24.9. The smallest absolute Gasteiger partial charge is 0.339 e. The topological polar surface area (TPSA) is 117 Å². The van der Waals surface area contributed by atoms with Gasteiger partial charge in [0.1, 0.15) is 6.61 Å². The maximum atomic E-state index is 12.9. The summed E-state index contributed by atoms with van der Waals surface area (Å²) in [6, 6.07) is 9.47. The van der Waals surface area contributed by atoms with Gasteiger partial charge in [0.05, 0.1) is 46.9 Å². The zero-order valence-electron chi connectivity index (χ0n) is 21.6. The highest BCUT2D eigenvalue weighted by molar-refractivity contribution is 5.90. The number of carbonyl (C=O) groups excluding carboxylic acids is 1. The number of anilines is 2. The Morgan fingerprint density at radius 3 is 2.86 bits per heavy atom. The maximum Gasteiger partial charge on any atom is 0.339 e. The van der Waals surface area contributed by atoms with Crippen LogP contribution in [0.5, 0.6) is 5.88 Å². The number of esters is 1. The Hall–Kier alpha value is -3.79. The number of hydrogen-bond donors (Lipinski definition) is 2. The van der Waals surface area contributed by atoms with Gasteiger partial charge in [0, 0.05) is 39.9 Å². The zero-order chi connectivity index (χ0) is 26.2. The van der Waals surface area contributed by atoms with Crippen molar-refractivity contribution in [3.63, 3.8) is 0 Å². The quantitative estimate of drug-likeness (QED) is 0.354. The summed E-state index contributed by atoms with van der Waals surface area (Å²) >= 11 is 0. The highest BCUT2D eigenvalue weighted by Crippen LogP contribution is 2.42. The average Bonchev–Trinajstić information content (AvgIpc) is 3.39. The van der Waals surface area contributed by atoms with Crippen LogP contribution in [0.2, 0.25) is 0 Å². The number of nitrogens with zero attached hydrogens (tertiary/aromatic N) is 4. The summed E-state index contributed by atoms with van der Waals surface area (Å²) in [7, 11) is 4.69. The fourth-order valence-corrected chi connectivity index (χ4v) is 5.80. The Bertz CT molecular complexity index is 1370. The molecular weight excluding hydrogens is 472 g/mol. The lowest BCUT2D eigenvalue weighted by atomic mass is 9.90. The molecule has 1 saturated carbocycles. The summed E-state index contributed by atoms with van der Waals surface area (Å²) in [5.74, 6) is 0.620. The van der Waals surface area contributed by atoms with E-state index in [4.69, 9.17) is 15.2 Å². The number of piperidine rings is 1. The van der Waals surface area contributed by atoms with Crippen LogP contribution in [0.1, 0.15) is 29.6 Å². The summed E-state index contributed by atoms with van der Waals surface area (Å²) < 4.78 is 14.0. The number of aromatic nitrogens is 3. The van der Waals surface area contributed by atoms with Crippen LogP contribution in [0.3, 0.4) is 0 Å². The number of rotatable bonds is 8. The number of ether oxygens (including phenoxy) is 2. The number of fused-ring (bicyclic) bond motifs is 2. The highest BCUT2D eigenvalue weighted by atomic mass is 16.5. The van der Waals surface area contributed by atoms with Gasteiger partial charge in [-0.2, -0.15) is 5.10 Å². The molecule has 3 N–H and O–H groups in total. The predicted molar refractivity (Wildman–Crippen MR) is 142 cm³/mol. The lowest BCUT2D eigenvalue weighted by molar-refractivity contribution is 0.0599. The summed E-state index contributed by atoms with van der Waals surface area (Å²) in [6.07, 6.45) is 6.52. The van der Waals surface area contributed by atoms with Crippen molar-refractivity contribution < 1.29 is 14.3 Å². The Morgan fingerprint density at radius 1 is 1.27 bits per heavy atom. The second-order valence-electron chi connectivity index (χ2n) is 10.2. The van der Waals surface area contributed by atoms with Crippen LogP contribution in [-0.4, -0.2) is 64.1 Å². The largest absolute Gasteiger partial charge is 0.476 e. The minimum atomic E-state index is -0.511. The van der Waals surface area contributed by atoms with Crippen molar-refractivity contribution in [1.82, 2.24) is 19.2 Å². The van der Waals surface area contributed by atoms with Gasteiger partial charge in [-0.05, 0) is 43.4 Å². The van der Waals surface area contributed by atoms with Crippen molar-refractivity contribution in [2.24, 2.45) is 20.0 Å². The second kappa shape index (κ2) is 9.93. The average molecular weight is 507 g/mol. The van der Waals surface area contributed by atoms with E-state index >= 15 is 0 Å². The summed E-state index contributed by atoms with van der Waals surface area (Å²) in [5.41, 5.74) is 8.92. The second-order valence-corrected chi connectivity index (χ2v) is 10.2. The number of nitrogen functional groups attached to an aromatic ring is 1. The molecule has 2 fully saturated rings. The summed E-state index contributed by atoms with van der Waals surface area (Å²) in [5, 5.41) is 8.08. The third-order valence-electron chi connectivity index (χ3n) is 7.54. The van der Waals surface area contributed by atoms with Gasteiger partial charge in [0.15, 0.2) is 0 Å². The molecule has 1 aliphatic carbocycles. The molecule has 5 rings (SSSR count). The first-order chi connectivity index (χ1) is 17.8. The molecule has 1 aromatic carbocycles. The van der Waals surface area contributed by atoms with Crippen LogP contribution in [0.25, 0.3) is 11.1 Å². The molecule has 10 nitrogen and oxygen atoms in total. The number of hydrogen-bond acceptors (Lipinski definition) is 8. The van der Waals surface area contributed by atoms with Gasteiger partial charge in [-0.3, -0.25) is 9.69 Å². The van der Waals surface area contributed by atoms with Gasteiger partial charge in [0.25, 0.3) is 5.56 Å². The lowest BCUT2D eigenvalue weighted by Gasteiger charge is -2.41. The van der Waals surface area contributed by atoms with Gasteiger partial charge in [-0.15, -0.1) is 0 Å². The molecule has 1 aliphatic heterocycles. The first-order valence-electron chi connectivity index (χ1n) is 12.6. The van der Waals surface area contributed by atoms with Crippen molar-refractivity contribution in [1.29, 1.82) is 0 Å². The third-order valence-corrected chi connectivity index (χ3v) is 7.54. The van der Waals surface area contributed by atoms with Crippen molar-refractivity contribution >= 4 is 17.3 Å². The number of nitrogens with two attached hydrogens (primary N) is 1. The fourth-order valence-electron chi connectivity index (χ4n) is 5.80. The molecule has 37 heavy (non-hydrogen) atoms. The molecule has 2 unspecified atom stereocenters. The van der Waals surface area contributed by atoms with Crippen molar-refractivity contribution in [2.75, 3.05) is 44.4 Å². The molecular formula is C27H34N6O4. The predicted octanol–water partition coefficient (Wildman–Crippen LogP) is 2.50. The van der Waals surface area contributed by atoms with E-state index in [0.717, 1.165) is 43.9 Å². The van der Waals surface area contributed by atoms with Gasteiger partial charge in [-0.1, -0.05) is 12.1 Å². The van der Waals surface area contributed by atoms with Crippen LogP contribution in [0, 0.1) is 5.92 Å². The van der Waals surface area contributed by atoms with Gasteiger partial charge >= 0.3 is 5.97 Å². The van der Waals surface area contributed by atoms with Gasteiger partial charge in [-0.25, -0.2) is 9.48 Å². The van der Waals surface area contributed by atoms with Crippen LogP contribution >= 0.6 is 0 Å². The Labute approximate surface area is 216 Å². The van der Waals surface area contributed by atoms with Crippen LogP contribution in [0.15, 0.2) is 47.5 Å². The molecule has 3 aromatic rings. The highest BCUT2D eigenvalue weighted by Gasteiger charge is 2.45. The third kappa shape index (κ3) is 4.93. The van der Waals surface area contributed by atoms with E-state index in [1.54, 1.807) is 25.0 Å². The molecule has 2 aromatic heterocycles. The van der Waals surface area contributed by atoms with E-state index in [0.29, 0.717) is 29.5 Å². The summed E-state index contributed by atoms with van der Waals surface area (Å²) in [4.78, 5) is 27.5. The van der Waals surface area contributed by atoms with E-state index < -0.39 is 5.97 Å². The fraction of sp³-hybridized carbons (Fsp3) is 0.444. The number of aryl methyl sites for hydroxylation is 2. The SMILES string of the molecule is COC(=O)c1cc(-c2cnn(C)c2OCCN2CC3CCC(Nc4ccccc4N)(C3)C2)c(=O)n(C)c1. The number of para-hydroxylation sites is 2. The Morgan fingerprint density at radius 2 is 2.08 bits per heavy atom. The van der Waals surface area contributed by atoms with Crippen LogP contribution in [0.4, 0.5) is 11.4 Å². The maximum absolute atomic E-state index is 12.9.